The van der Waals surface area contributed by atoms with Crippen LogP contribution in [-0.4, -0.2) is 40.9 Å². The van der Waals surface area contributed by atoms with Gasteiger partial charge in [0.25, 0.3) is 0 Å². The zero-order chi connectivity index (χ0) is 10.7. The van der Waals surface area contributed by atoms with E-state index in [1.165, 1.54) is 31.6 Å². The van der Waals surface area contributed by atoms with Crippen molar-refractivity contribution in [3.8, 4) is 0 Å². The van der Waals surface area contributed by atoms with Gasteiger partial charge in [0.2, 0.25) is 0 Å². The maximum Gasteiger partial charge on any atom is 0.0764 e. The molecule has 0 unspecified atom stereocenters. The van der Waals surface area contributed by atoms with Crippen molar-refractivity contribution >= 4 is 0 Å². The molecule has 2 rings (SSSR count). The number of nitrogens with one attached hydrogen (secondary N) is 1. The zero-order valence-electron chi connectivity index (χ0n) is 9.61. The fourth-order valence-corrected chi connectivity index (χ4v) is 2.16. The van der Waals surface area contributed by atoms with Gasteiger partial charge in [-0.25, -0.2) is 0 Å². The maximum atomic E-state index is 4.40. The van der Waals surface area contributed by atoms with Gasteiger partial charge < -0.3 is 5.32 Å². The molecule has 0 atom stereocenters. The SMILES string of the molecule is CNC1CCN(Cc2ccn(C)n2)CC1. The predicted molar refractivity (Wildman–Crippen MR) is 60.6 cm³/mol. The largest absolute Gasteiger partial charge is 0.317 e. The molecule has 1 saturated heterocycles. The van der Waals surface area contributed by atoms with Gasteiger partial charge in [-0.1, -0.05) is 0 Å². The third kappa shape index (κ3) is 2.79. The topological polar surface area (TPSA) is 33.1 Å². The molecule has 15 heavy (non-hydrogen) atoms. The minimum atomic E-state index is 0.713. The lowest BCUT2D eigenvalue weighted by molar-refractivity contribution is 0.192. The molecular formula is C11H20N4. The second kappa shape index (κ2) is 4.77. The van der Waals surface area contributed by atoms with Crippen LogP contribution in [0.2, 0.25) is 0 Å². The van der Waals surface area contributed by atoms with E-state index in [4.69, 9.17) is 0 Å². The van der Waals surface area contributed by atoms with Crippen molar-refractivity contribution in [2.45, 2.75) is 25.4 Å². The fraction of sp³-hybridized carbons (Fsp3) is 0.727. The first kappa shape index (κ1) is 10.6. The number of rotatable bonds is 3. The van der Waals surface area contributed by atoms with E-state index < -0.39 is 0 Å². The Kier molecular flexibility index (Phi) is 3.38. The molecule has 1 fully saturated rings. The Morgan fingerprint density at radius 3 is 2.73 bits per heavy atom. The van der Waals surface area contributed by atoms with Crippen molar-refractivity contribution in [1.29, 1.82) is 0 Å². The Labute approximate surface area is 91.3 Å². The van der Waals surface area contributed by atoms with E-state index in [-0.39, 0.29) is 0 Å². The van der Waals surface area contributed by atoms with Crippen LogP contribution in [0.1, 0.15) is 18.5 Å². The number of hydrogen-bond acceptors (Lipinski definition) is 3. The molecule has 0 amide bonds. The summed E-state index contributed by atoms with van der Waals surface area (Å²) < 4.78 is 1.87. The summed E-state index contributed by atoms with van der Waals surface area (Å²) in [5.41, 5.74) is 1.18. The molecule has 0 aromatic carbocycles. The molecule has 4 heteroatoms. The van der Waals surface area contributed by atoms with E-state index in [1.54, 1.807) is 0 Å². The van der Waals surface area contributed by atoms with Crippen LogP contribution in [0, 0.1) is 0 Å². The number of likely N-dealkylation sites (tertiary alicyclic amines) is 1. The summed E-state index contributed by atoms with van der Waals surface area (Å²) in [5.74, 6) is 0. The molecular weight excluding hydrogens is 188 g/mol. The van der Waals surface area contributed by atoms with E-state index in [0.717, 1.165) is 6.54 Å². The molecule has 1 aromatic rings. The first-order valence-corrected chi connectivity index (χ1v) is 5.66. The van der Waals surface area contributed by atoms with Gasteiger partial charge >= 0.3 is 0 Å². The highest BCUT2D eigenvalue weighted by molar-refractivity contribution is 4.98. The summed E-state index contributed by atoms with van der Waals surface area (Å²) >= 11 is 0. The fourth-order valence-electron chi connectivity index (χ4n) is 2.16. The number of hydrogen-bond donors (Lipinski definition) is 1. The Balaban J connectivity index is 1.82. The molecule has 1 aliphatic heterocycles. The predicted octanol–water partition coefficient (Wildman–Crippen LogP) is 0.604. The van der Waals surface area contributed by atoms with E-state index in [9.17, 15) is 0 Å². The quantitative estimate of drug-likeness (QED) is 0.790. The van der Waals surface area contributed by atoms with Crippen LogP contribution in [0.3, 0.4) is 0 Å². The van der Waals surface area contributed by atoms with E-state index in [0.29, 0.717) is 6.04 Å². The Bertz CT molecular complexity index is 299. The van der Waals surface area contributed by atoms with Crippen LogP contribution in [-0.2, 0) is 13.6 Å². The second-order valence-corrected chi connectivity index (χ2v) is 4.32. The molecule has 4 nitrogen and oxygen atoms in total. The average molecular weight is 208 g/mol. The molecule has 0 saturated carbocycles. The van der Waals surface area contributed by atoms with E-state index in [2.05, 4.69) is 28.4 Å². The molecule has 0 aliphatic carbocycles. The van der Waals surface area contributed by atoms with Crippen molar-refractivity contribution in [2.75, 3.05) is 20.1 Å². The van der Waals surface area contributed by atoms with Crippen molar-refractivity contribution in [3.63, 3.8) is 0 Å². The number of piperidine rings is 1. The molecule has 0 radical (unpaired) electrons. The van der Waals surface area contributed by atoms with Gasteiger partial charge in [0.05, 0.1) is 5.69 Å². The van der Waals surface area contributed by atoms with Crippen molar-refractivity contribution in [3.05, 3.63) is 18.0 Å². The van der Waals surface area contributed by atoms with Crippen LogP contribution < -0.4 is 5.32 Å². The van der Waals surface area contributed by atoms with Crippen LogP contribution >= 0.6 is 0 Å². The Hall–Kier alpha value is -0.870. The van der Waals surface area contributed by atoms with E-state index >= 15 is 0 Å². The molecule has 84 valence electrons. The van der Waals surface area contributed by atoms with Gasteiger partial charge in [0.15, 0.2) is 0 Å². The van der Waals surface area contributed by atoms with Crippen molar-refractivity contribution in [1.82, 2.24) is 20.0 Å². The average Bonchev–Trinajstić information content (AvgIpc) is 2.65. The third-order valence-corrected chi connectivity index (χ3v) is 3.15. The van der Waals surface area contributed by atoms with Crippen molar-refractivity contribution in [2.24, 2.45) is 7.05 Å². The summed E-state index contributed by atoms with van der Waals surface area (Å²) in [6.07, 6.45) is 4.52. The van der Waals surface area contributed by atoms with Crippen LogP contribution in [0.4, 0.5) is 0 Å². The van der Waals surface area contributed by atoms with Crippen LogP contribution in [0.15, 0.2) is 12.3 Å². The molecule has 2 heterocycles. The van der Waals surface area contributed by atoms with Gasteiger partial charge in [-0.05, 0) is 26.0 Å². The highest BCUT2D eigenvalue weighted by Crippen LogP contribution is 2.12. The summed E-state index contributed by atoms with van der Waals surface area (Å²) in [7, 11) is 4.02. The lowest BCUT2D eigenvalue weighted by Gasteiger charge is -2.31. The lowest BCUT2D eigenvalue weighted by Crippen LogP contribution is -2.40. The first-order chi connectivity index (χ1) is 7.28. The number of nitrogens with zero attached hydrogens (tertiary/aromatic N) is 3. The summed E-state index contributed by atoms with van der Waals surface area (Å²) in [4.78, 5) is 2.48. The first-order valence-electron chi connectivity index (χ1n) is 5.66. The molecule has 1 aromatic heterocycles. The summed E-state index contributed by atoms with van der Waals surface area (Å²) in [6, 6.07) is 2.81. The number of aromatic nitrogens is 2. The van der Waals surface area contributed by atoms with Gasteiger partial charge in [-0.15, -0.1) is 0 Å². The van der Waals surface area contributed by atoms with Gasteiger partial charge in [0.1, 0.15) is 0 Å². The Morgan fingerprint density at radius 2 is 2.20 bits per heavy atom. The third-order valence-electron chi connectivity index (χ3n) is 3.15. The zero-order valence-corrected chi connectivity index (χ0v) is 9.61. The molecule has 0 spiro atoms. The minimum absolute atomic E-state index is 0.713. The van der Waals surface area contributed by atoms with Gasteiger partial charge in [-0.3, -0.25) is 9.58 Å². The second-order valence-electron chi connectivity index (χ2n) is 4.32. The minimum Gasteiger partial charge on any atom is -0.317 e. The van der Waals surface area contributed by atoms with Crippen LogP contribution in [0.25, 0.3) is 0 Å². The standard InChI is InChI=1S/C11H20N4/c1-12-10-4-7-15(8-5-10)9-11-3-6-14(2)13-11/h3,6,10,12H,4-5,7-9H2,1-2H3. The molecule has 1 N–H and O–H groups in total. The monoisotopic (exact) mass is 208 g/mol. The van der Waals surface area contributed by atoms with Gasteiger partial charge in [0, 0.05) is 38.9 Å². The van der Waals surface area contributed by atoms with Gasteiger partial charge in [-0.2, -0.15) is 5.10 Å². The van der Waals surface area contributed by atoms with Crippen LogP contribution in [0.5, 0.6) is 0 Å². The normalized spacial score (nSPS) is 19.6. The maximum absolute atomic E-state index is 4.40. The summed E-state index contributed by atoms with van der Waals surface area (Å²) in [5, 5.41) is 7.75. The molecule has 1 aliphatic rings. The highest BCUT2D eigenvalue weighted by atomic mass is 15.3. The lowest BCUT2D eigenvalue weighted by atomic mass is 10.1. The smallest absolute Gasteiger partial charge is 0.0764 e. The van der Waals surface area contributed by atoms with Crippen molar-refractivity contribution < 1.29 is 0 Å². The Morgan fingerprint density at radius 1 is 1.47 bits per heavy atom. The number of aryl methyl sites for hydroxylation is 1. The molecule has 0 bridgehead atoms. The highest BCUT2D eigenvalue weighted by Gasteiger charge is 2.17. The van der Waals surface area contributed by atoms with E-state index in [1.807, 2.05) is 17.9 Å². The summed E-state index contributed by atoms with van der Waals surface area (Å²) in [6.45, 7) is 3.36.